The minimum absolute atomic E-state index is 0.00407. The van der Waals surface area contributed by atoms with Crippen LogP contribution in [-0.4, -0.2) is 25.6 Å². The molecule has 24 heavy (non-hydrogen) atoms. The maximum Gasteiger partial charge on any atom is 0.507 e. The van der Waals surface area contributed by atoms with E-state index in [1.807, 2.05) is 6.92 Å². The first kappa shape index (κ1) is 16.5. The first-order valence-corrected chi connectivity index (χ1v) is 7.77. The molecular formula is C15H15ClFN3O4. The van der Waals surface area contributed by atoms with Gasteiger partial charge in [0.05, 0.1) is 11.6 Å². The Bertz CT molecular complexity index is 848. The van der Waals surface area contributed by atoms with Crippen LogP contribution in [0.25, 0.3) is 0 Å². The highest BCUT2D eigenvalue weighted by Gasteiger charge is 2.32. The molecule has 128 valence electrons. The summed E-state index contributed by atoms with van der Waals surface area (Å²) < 4.78 is 20.5. The minimum atomic E-state index is -1.44. The Kier molecular flexibility index (Phi) is 4.31. The molecule has 2 unspecified atom stereocenters. The van der Waals surface area contributed by atoms with E-state index < -0.39 is 23.9 Å². The van der Waals surface area contributed by atoms with Crippen molar-refractivity contribution >= 4 is 17.8 Å². The molecule has 7 nitrogen and oxygen atoms in total. The summed E-state index contributed by atoms with van der Waals surface area (Å²) in [6.45, 7) is 2.01. The minimum Gasteiger partial charge on any atom is -0.450 e. The highest BCUT2D eigenvalue weighted by molar-refractivity contribution is 6.30. The number of carbonyl (C=O) groups is 1. The van der Waals surface area contributed by atoms with E-state index in [0.29, 0.717) is 24.2 Å². The Hall–Kier alpha value is -2.35. The van der Waals surface area contributed by atoms with E-state index in [9.17, 15) is 14.0 Å². The number of carboxylic acid groups (broad SMARTS) is 1. The standard InChI is InChI=1S/C15H15ClFN3O4/c1-8-2-5-12(24-15(22)23)20-13(8)18-19(14(20)21)7-9-3-4-11(17)10(16)6-9/h3-4,6,8,12H,2,5,7H2,1H3,(H,22,23). The SMILES string of the molecule is CC1CCC(OC(=O)O)n2c1nn(Cc1ccc(F)c(Cl)c1)c2=O. The van der Waals surface area contributed by atoms with Crippen LogP contribution >= 0.6 is 11.6 Å². The lowest BCUT2D eigenvalue weighted by atomic mass is 10.0. The van der Waals surface area contributed by atoms with Gasteiger partial charge in [0.1, 0.15) is 11.6 Å². The molecule has 2 aromatic rings. The molecule has 2 atom stereocenters. The molecule has 0 bridgehead atoms. The van der Waals surface area contributed by atoms with Crippen LogP contribution in [0.15, 0.2) is 23.0 Å². The van der Waals surface area contributed by atoms with Crippen LogP contribution in [0, 0.1) is 5.82 Å². The van der Waals surface area contributed by atoms with Gasteiger partial charge in [-0.15, -0.1) is 0 Å². The summed E-state index contributed by atoms with van der Waals surface area (Å²) in [5.41, 5.74) is 0.144. The third kappa shape index (κ3) is 3.01. The van der Waals surface area contributed by atoms with Crippen molar-refractivity contribution in [3.63, 3.8) is 0 Å². The lowest BCUT2D eigenvalue weighted by Gasteiger charge is -2.25. The Balaban J connectivity index is 1.97. The molecule has 1 aromatic carbocycles. The molecule has 0 aliphatic carbocycles. The molecule has 1 aromatic heterocycles. The van der Waals surface area contributed by atoms with Gasteiger partial charge in [-0.05, 0) is 24.1 Å². The summed E-state index contributed by atoms with van der Waals surface area (Å²) in [7, 11) is 0. The predicted molar refractivity (Wildman–Crippen MR) is 82.8 cm³/mol. The molecular weight excluding hydrogens is 341 g/mol. The van der Waals surface area contributed by atoms with Crippen LogP contribution in [0.4, 0.5) is 9.18 Å². The summed E-state index contributed by atoms with van der Waals surface area (Å²) in [5.74, 6) is -0.0597. The molecule has 0 radical (unpaired) electrons. The van der Waals surface area contributed by atoms with Crippen LogP contribution in [0.5, 0.6) is 0 Å². The average Bonchev–Trinajstić information content (AvgIpc) is 2.84. The normalized spacial score (nSPS) is 19.8. The fourth-order valence-electron chi connectivity index (χ4n) is 2.84. The van der Waals surface area contributed by atoms with E-state index in [0.717, 1.165) is 0 Å². The average molecular weight is 356 g/mol. The summed E-state index contributed by atoms with van der Waals surface area (Å²) in [6, 6.07) is 4.16. The number of hydrogen-bond acceptors (Lipinski definition) is 4. The van der Waals surface area contributed by atoms with Crippen molar-refractivity contribution in [2.45, 2.75) is 38.5 Å². The summed E-state index contributed by atoms with van der Waals surface area (Å²) in [5, 5.41) is 13.1. The summed E-state index contributed by atoms with van der Waals surface area (Å²) in [4.78, 5) is 23.4. The van der Waals surface area contributed by atoms with Gasteiger partial charge in [0.2, 0.25) is 0 Å². The quantitative estimate of drug-likeness (QED) is 0.855. The Morgan fingerprint density at radius 2 is 2.25 bits per heavy atom. The van der Waals surface area contributed by atoms with Crippen molar-refractivity contribution < 1.29 is 19.0 Å². The van der Waals surface area contributed by atoms with Gasteiger partial charge >= 0.3 is 11.8 Å². The van der Waals surface area contributed by atoms with Crippen LogP contribution in [0.2, 0.25) is 5.02 Å². The zero-order chi connectivity index (χ0) is 17.4. The summed E-state index contributed by atoms with van der Waals surface area (Å²) >= 11 is 5.75. The van der Waals surface area contributed by atoms with Crippen LogP contribution < -0.4 is 5.69 Å². The zero-order valence-electron chi connectivity index (χ0n) is 12.8. The lowest BCUT2D eigenvalue weighted by Crippen LogP contribution is -2.33. The van der Waals surface area contributed by atoms with Gasteiger partial charge in [-0.25, -0.2) is 23.2 Å². The molecule has 0 amide bonds. The first-order chi connectivity index (χ1) is 11.4. The van der Waals surface area contributed by atoms with Crippen molar-refractivity contribution in [3.05, 3.63) is 50.9 Å². The molecule has 0 spiro atoms. The van der Waals surface area contributed by atoms with Crippen LogP contribution in [0.3, 0.4) is 0 Å². The molecule has 1 N–H and O–H groups in total. The number of halogens is 2. The molecule has 1 aliphatic heterocycles. The van der Waals surface area contributed by atoms with E-state index in [4.69, 9.17) is 21.4 Å². The van der Waals surface area contributed by atoms with Crippen LogP contribution in [0.1, 0.15) is 43.3 Å². The van der Waals surface area contributed by atoms with Gasteiger partial charge in [-0.1, -0.05) is 24.6 Å². The Labute approximate surface area is 141 Å². The second-order valence-corrected chi connectivity index (χ2v) is 6.14. The molecule has 0 saturated carbocycles. The number of hydrogen-bond donors (Lipinski definition) is 1. The first-order valence-electron chi connectivity index (χ1n) is 7.39. The van der Waals surface area contributed by atoms with Gasteiger partial charge < -0.3 is 9.84 Å². The lowest BCUT2D eigenvalue weighted by molar-refractivity contribution is 0.00139. The zero-order valence-corrected chi connectivity index (χ0v) is 13.5. The van der Waals surface area contributed by atoms with Gasteiger partial charge in [0, 0.05) is 12.3 Å². The van der Waals surface area contributed by atoms with Crippen LogP contribution in [-0.2, 0) is 11.3 Å². The number of benzene rings is 1. The number of aromatic nitrogens is 3. The van der Waals surface area contributed by atoms with Crippen molar-refractivity contribution in [2.24, 2.45) is 0 Å². The number of ether oxygens (including phenoxy) is 1. The van der Waals surface area contributed by atoms with Crippen molar-refractivity contribution in [1.82, 2.24) is 14.3 Å². The highest BCUT2D eigenvalue weighted by atomic mass is 35.5. The maximum absolute atomic E-state index is 13.2. The predicted octanol–water partition coefficient (Wildman–Crippen LogP) is 2.98. The van der Waals surface area contributed by atoms with Crippen molar-refractivity contribution in [2.75, 3.05) is 0 Å². The van der Waals surface area contributed by atoms with Gasteiger partial charge in [0.15, 0.2) is 6.23 Å². The summed E-state index contributed by atoms with van der Waals surface area (Å²) in [6.07, 6.45) is -1.25. The van der Waals surface area contributed by atoms with Gasteiger partial charge in [-0.3, -0.25) is 0 Å². The largest absolute Gasteiger partial charge is 0.507 e. The van der Waals surface area contributed by atoms with Crippen molar-refractivity contribution in [1.29, 1.82) is 0 Å². The fourth-order valence-corrected chi connectivity index (χ4v) is 3.04. The number of rotatable bonds is 3. The molecule has 1 aliphatic rings. The van der Waals surface area contributed by atoms with Gasteiger partial charge in [0.25, 0.3) is 0 Å². The van der Waals surface area contributed by atoms with E-state index in [-0.39, 0.29) is 17.5 Å². The number of fused-ring (bicyclic) bond motifs is 1. The Morgan fingerprint density at radius 3 is 2.92 bits per heavy atom. The molecule has 9 heteroatoms. The Morgan fingerprint density at radius 1 is 1.50 bits per heavy atom. The second kappa shape index (κ2) is 6.27. The maximum atomic E-state index is 13.2. The second-order valence-electron chi connectivity index (χ2n) is 5.73. The number of nitrogens with zero attached hydrogens (tertiary/aromatic N) is 3. The highest BCUT2D eigenvalue weighted by Crippen LogP contribution is 2.31. The monoisotopic (exact) mass is 355 g/mol. The molecule has 2 heterocycles. The van der Waals surface area contributed by atoms with E-state index in [1.165, 1.54) is 27.4 Å². The molecule has 3 rings (SSSR count). The third-order valence-corrected chi connectivity index (χ3v) is 4.32. The third-order valence-electron chi connectivity index (χ3n) is 4.03. The molecule has 0 saturated heterocycles. The topological polar surface area (TPSA) is 86.3 Å². The van der Waals surface area contributed by atoms with E-state index in [2.05, 4.69) is 5.10 Å². The van der Waals surface area contributed by atoms with Crippen molar-refractivity contribution in [3.8, 4) is 0 Å². The smallest absolute Gasteiger partial charge is 0.450 e. The van der Waals surface area contributed by atoms with Gasteiger partial charge in [-0.2, -0.15) is 5.10 Å². The molecule has 0 fully saturated rings. The van der Waals surface area contributed by atoms with E-state index in [1.54, 1.807) is 0 Å². The van der Waals surface area contributed by atoms with E-state index >= 15 is 0 Å². The fraction of sp³-hybridized carbons (Fsp3) is 0.400.